The van der Waals surface area contributed by atoms with E-state index < -0.39 is 29.8 Å². The summed E-state index contributed by atoms with van der Waals surface area (Å²) in [4.78, 5) is 36.0. The number of fused-ring (bicyclic) bond motifs is 3. The molecule has 0 heterocycles. The van der Waals surface area contributed by atoms with Crippen molar-refractivity contribution in [1.29, 1.82) is 0 Å². The highest BCUT2D eigenvalue weighted by molar-refractivity contribution is 5.98. The third-order valence-electron chi connectivity index (χ3n) is 5.76. The molecule has 0 bridgehead atoms. The number of anilines is 1. The number of halogens is 1. The third-order valence-corrected chi connectivity index (χ3v) is 5.76. The number of nitrogens with one attached hydrogen (secondary N) is 2. The second-order valence-electron chi connectivity index (χ2n) is 7.95. The molecular formula is C26H23FN2O5. The summed E-state index contributed by atoms with van der Waals surface area (Å²) in [7, 11) is 0. The number of carbonyl (C=O) groups is 3. The zero-order chi connectivity index (χ0) is 24.2. The Morgan fingerprint density at radius 3 is 2.21 bits per heavy atom. The summed E-state index contributed by atoms with van der Waals surface area (Å²) in [5, 5.41) is 13.9. The Labute approximate surface area is 195 Å². The Morgan fingerprint density at radius 1 is 1.00 bits per heavy atom. The van der Waals surface area contributed by atoms with Crippen LogP contribution in [-0.2, 0) is 9.53 Å². The fourth-order valence-electron chi connectivity index (χ4n) is 4.13. The average molecular weight is 462 g/mol. The molecule has 3 N–H and O–H groups in total. The number of hydrogen-bond acceptors (Lipinski definition) is 4. The molecule has 0 saturated carbocycles. The number of rotatable bonds is 7. The summed E-state index contributed by atoms with van der Waals surface area (Å²) in [5.41, 5.74) is 4.22. The maximum absolute atomic E-state index is 14.1. The molecule has 2 amide bonds. The molecular weight excluding hydrogens is 439 g/mol. The maximum Gasteiger partial charge on any atom is 0.411 e. The van der Waals surface area contributed by atoms with Crippen LogP contribution in [-0.4, -0.2) is 35.7 Å². The van der Waals surface area contributed by atoms with E-state index in [0.717, 1.165) is 34.4 Å². The van der Waals surface area contributed by atoms with Crippen molar-refractivity contribution in [3.63, 3.8) is 0 Å². The van der Waals surface area contributed by atoms with Gasteiger partial charge in [-0.05, 0) is 46.9 Å². The van der Waals surface area contributed by atoms with Crippen molar-refractivity contribution in [3.05, 3.63) is 89.2 Å². The van der Waals surface area contributed by atoms with Crippen molar-refractivity contribution < 1.29 is 28.6 Å². The smallest absolute Gasteiger partial charge is 0.411 e. The van der Waals surface area contributed by atoms with Gasteiger partial charge in [0.15, 0.2) is 0 Å². The van der Waals surface area contributed by atoms with Gasteiger partial charge in [0.25, 0.3) is 5.91 Å². The van der Waals surface area contributed by atoms with Gasteiger partial charge in [0.05, 0.1) is 0 Å². The molecule has 3 aromatic carbocycles. The first-order valence-electron chi connectivity index (χ1n) is 10.8. The fourth-order valence-corrected chi connectivity index (χ4v) is 4.13. The molecule has 8 heteroatoms. The Bertz CT molecular complexity index is 1210. The number of ether oxygens (including phenoxy) is 1. The molecule has 1 atom stereocenters. The van der Waals surface area contributed by atoms with Gasteiger partial charge in [-0.25, -0.2) is 14.0 Å². The van der Waals surface area contributed by atoms with E-state index in [1.807, 2.05) is 48.5 Å². The van der Waals surface area contributed by atoms with Crippen LogP contribution in [0.1, 0.15) is 40.7 Å². The Kier molecular flexibility index (Phi) is 6.58. The van der Waals surface area contributed by atoms with E-state index >= 15 is 0 Å². The minimum atomic E-state index is -1.19. The van der Waals surface area contributed by atoms with Crippen LogP contribution in [0.15, 0.2) is 66.7 Å². The lowest BCUT2D eigenvalue weighted by molar-refractivity contribution is -0.139. The van der Waals surface area contributed by atoms with Crippen LogP contribution in [0.3, 0.4) is 0 Å². The Morgan fingerprint density at radius 2 is 1.62 bits per heavy atom. The molecule has 0 aliphatic heterocycles. The fraction of sp³-hybridized carbons (Fsp3) is 0.192. The summed E-state index contributed by atoms with van der Waals surface area (Å²) >= 11 is 0. The molecule has 3 aromatic rings. The highest BCUT2D eigenvalue weighted by Gasteiger charge is 2.29. The number of hydrogen-bond donors (Lipinski definition) is 3. The van der Waals surface area contributed by atoms with Gasteiger partial charge in [0.2, 0.25) is 0 Å². The van der Waals surface area contributed by atoms with Crippen molar-refractivity contribution in [2.24, 2.45) is 0 Å². The van der Waals surface area contributed by atoms with E-state index in [-0.39, 0.29) is 30.2 Å². The summed E-state index contributed by atoms with van der Waals surface area (Å²) < 4.78 is 19.5. The van der Waals surface area contributed by atoms with E-state index in [0.29, 0.717) is 0 Å². The van der Waals surface area contributed by atoms with Crippen molar-refractivity contribution in [2.75, 3.05) is 11.9 Å². The highest BCUT2D eigenvalue weighted by atomic mass is 19.1. The molecule has 34 heavy (non-hydrogen) atoms. The minimum Gasteiger partial charge on any atom is -0.480 e. The van der Waals surface area contributed by atoms with Gasteiger partial charge in [0.1, 0.15) is 18.5 Å². The van der Waals surface area contributed by atoms with Gasteiger partial charge >= 0.3 is 12.1 Å². The molecule has 0 spiro atoms. The zero-order valence-electron chi connectivity index (χ0n) is 18.4. The van der Waals surface area contributed by atoms with E-state index in [4.69, 9.17) is 9.84 Å². The number of carboxylic acid groups (broad SMARTS) is 1. The summed E-state index contributed by atoms with van der Waals surface area (Å²) in [6.07, 6.45) is -0.628. The van der Waals surface area contributed by atoms with E-state index in [2.05, 4.69) is 10.6 Å². The van der Waals surface area contributed by atoms with E-state index in [1.165, 1.54) is 6.07 Å². The predicted octanol–water partition coefficient (Wildman–Crippen LogP) is 4.78. The van der Waals surface area contributed by atoms with Crippen molar-refractivity contribution >= 4 is 23.7 Å². The molecule has 7 nitrogen and oxygen atoms in total. The van der Waals surface area contributed by atoms with Crippen LogP contribution in [0, 0.1) is 5.82 Å². The van der Waals surface area contributed by atoms with E-state index in [9.17, 15) is 18.8 Å². The number of benzene rings is 3. The SMILES string of the molecule is CC[C@@H](NC(=O)c1cc(F)cc(NC(=O)OCC2c3ccccc3-c3ccccc32)c1)C(=O)O. The molecule has 0 saturated heterocycles. The van der Waals surface area contributed by atoms with Crippen LogP contribution >= 0.6 is 0 Å². The zero-order valence-corrected chi connectivity index (χ0v) is 18.4. The van der Waals surface area contributed by atoms with Gasteiger partial charge in [-0.3, -0.25) is 10.1 Å². The highest BCUT2D eigenvalue weighted by Crippen LogP contribution is 2.44. The quantitative estimate of drug-likeness (QED) is 0.469. The monoisotopic (exact) mass is 462 g/mol. The predicted molar refractivity (Wildman–Crippen MR) is 124 cm³/mol. The first-order chi connectivity index (χ1) is 16.4. The molecule has 4 rings (SSSR count). The molecule has 1 aliphatic rings. The first kappa shape index (κ1) is 23.0. The summed E-state index contributed by atoms with van der Waals surface area (Å²) in [6.45, 7) is 1.69. The number of amides is 2. The maximum atomic E-state index is 14.1. The van der Waals surface area contributed by atoms with Crippen LogP contribution in [0.25, 0.3) is 11.1 Å². The molecule has 174 valence electrons. The lowest BCUT2D eigenvalue weighted by Gasteiger charge is -2.15. The lowest BCUT2D eigenvalue weighted by atomic mass is 9.98. The molecule has 0 unspecified atom stereocenters. The van der Waals surface area contributed by atoms with Crippen LogP contribution in [0.5, 0.6) is 0 Å². The molecule has 0 radical (unpaired) electrons. The van der Waals surface area contributed by atoms with Gasteiger partial charge in [-0.15, -0.1) is 0 Å². The van der Waals surface area contributed by atoms with E-state index in [1.54, 1.807) is 6.92 Å². The van der Waals surface area contributed by atoms with Crippen molar-refractivity contribution in [1.82, 2.24) is 5.32 Å². The third kappa shape index (κ3) is 4.76. The summed E-state index contributed by atoms with van der Waals surface area (Å²) in [5.74, 6) is -2.84. The van der Waals surface area contributed by atoms with Gasteiger partial charge in [-0.1, -0.05) is 55.5 Å². The topological polar surface area (TPSA) is 105 Å². The lowest BCUT2D eigenvalue weighted by Crippen LogP contribution is -2.40. The van der Waals surface area contributed by atoms with Gasteiger partial charge < -0.3 is 15.2 Å². The Balaban J connectivity index is 1.44. The molecule has 1 aliphatic carbocycles. The van der Waals surface area contributed by atoms with Crippen LogP contribution < -0.4 is 10.6 Å². The first-order valence-corrected chi connectivity index (χ1v) is 10.8. The average Bonchev–Trinajstić information content (AvgIpc) is 3.14. The number of carbonyl (C=O) groups excluding carboxylic acids is 2. The molecule has 0 aromatic heterocycles. The van der Waals surface area contributed by atoms with Gasteiger partial charge in [-0.2, -0.15) is 0 Å². The minimum absolute atomic E-state index is 0.0192. The van der Waals surface area contributed by atoms with Gasteiger partial charge in [0, 0.05) is 17.2 Å². The second-order valence-corrected chi connectivity index (χ2v) is 7.95. The standard InChI is InChI=1S/C26H23FN2O5/c1-2-23(25(31)32)29-24(30)15-11-16(27)13-17(12-15)28-26(33)34-14-22-20-9-5-3-7-18(20)19-8-4-6-10-21(19)22/h3-13,22-23H,2,14H2,1H3,(H,28,33)(H,29,30)(H,31,32)/t23-/m1/s1. The van der Waals surface area contributed by atoms with Crippen molar-refractivity contribution in [3.8, 4) is 11.1 Å². The largest absolute Gasteiger partial charge is 0.480 e. The normalized spacial score (nSPS) is 12.9. The number of aliphatic carboxylic acids is 1. The Hall–Kier alpha value is -4.20. The summed E-state index contributed by atoms with van der Waals surface area (Å²) in [6, 6.07) is 18.0. The second kappa shape index (κ2) is 9.74. The van der Waals surface area contributed by atoms with Crippen molar-refractivity contribution in [2.45, 2.75) is 25.3 Å². The molecule has 0 fully saturated rings. The van der Waals surface area contributed by atoms with Crippen LogP contribution in [0.2, 0.25) is 0 Å². The van der Waals surface area contributed by atoms with Crippen LogP contribution in [0.4, 0.5) is 14.9 Å². The number of carboxylic acids is 1.